The number of carboxylic acid groups (broad SMARTS) is 1. The van der Waals surface area contributed by atoms with Gasteiger partial charge in [0, 0.05) is 12.6 Å². The summed E-state index contributed by atoms with van der Waals surface area (Å²) in [5, 5.41) is 9.25. The van der Waals surface area contributed by atoms with Crippen molar-refractivity contribution >= 4 is 23.4 Å². The Balaban J connectivity index is 3.07. The van der Waals surface area contributed by atoms with E-state index < -0.39 is 5.97 Å². The van der Waals surface area contributed by atoms with Crippen molar-refractivity contribution in [3.05, 3.63) is 22.8 Å². The first kappa shape index (κ1) is 15.8. The molecule has 5 heteroatoms. The summed E-state index contributed by atoms with van der Waals surface area (Å²) in [7, 11) is 0. The predicted octanol–water partition coefficient (Wildman–Crippen LogP) is 3.84. The molecule has 4 nitrogen and oxygen atoms in total. The van der Waals surface area contributed by atoms with Gasteiger partial charge in [0.25, 0.3) is 0 Å². The standard InChI is InChI=1S/C14H21ClN2O2/c1-4-6-9-17(10(3)5-2)12-8-7-11(15)13(16-12)14(18)19/h7-8,10H,4-6,9H2,1-3H3,(H,18,19). The summed E-state index contributed by atoms with van der Waals surface area (Å²) >= 11 is 5.85. The number of aromatic carboxylic acids is 1. The summed E-state index contributed by atoms with van der Waals surface area (Å²) < 4.78 is 0. The van der Waals surface area contributed by atoms with Crippen LogP contribution < -0.4 is 4.90 Å². The first-order valence-electron chi connectivity index (χ1n) is 6.67. The second kappa shape index (κ2) is 7.34. The van der Waals surface area contributed by atoms with Crippen LogP contribution in [0.1, 0.15) is 50.5 Å². The van der Waals surface area contributed by atoms with Gasteiger partial charge in [-0.3, -0.25) is 0 Å². The van der Waals surface area contributed by atoms with E-state index in [0.717, 1.165) is 25.8 Å². The topological polar surface area (TPSA) is 53.4 Å². The van der Waals surface area contributed by atoms with Gasteiger partial charge in [-0.2, -0.15) is 0 Å². The molecule has 0 aliphatic carbocycles. The van der Waals surface area contributed by atoms with Crippen LogP contribution in [0, 0.1) is 0 Å². The molecule has 0 spiro atoms. The Kier molecular flexibility index (Phi) is 6.09. The first-order chi connectivity index (χ1) is 9.01. The summed E-state index contributed by atoms with van der Waals surface area (Å²) in [5.74, 6) is -0.406. The molecule has 0 saturated heterocycles. The molecule has 106 valence electrons. The highest BCUT2D eigenvalue weighted by Gasteiger charge is 2.17. The van der Waals surface area contributed by atoms with E-state index in [9.17, 15) is 4.79 Å². The van der Waals surface area contributed by atoms with Crippen molar-refractivity contribution in [3.63, 3.8) is 0 Å². The minimum absolute atomic E-state index is 0.0797. The third-order valence-electron chi connectivity index (χ3n) is 3.20. The Morgan fingerprint density at radius 3 is 2.68 bits per heavy atom. The van der Waals surface area contributed by atoms with Gasteiger partial charge in [-0.25, -0.2) is 9.78 Å². The lowest BCUT2D eigenvalue weighted by molar-refractivity contribution is 0.0691. The van der Waals surface area contributed by atoms with Crippen molar-refractivity contribution in [2.45, 2.75) is 46.1 Å². The Morgan fingerprint density at radius 2 is 2.16 bits per heavy atom. The number of unbranched alkanes of at least 4 members (excludes halogenated alkanes) is 1. The van der Waals surface area contributed by atoms with E-state index in [0.29, 0.717) is 11.9 Å². The van der Waals surface area contributed by atoms with Crippen LogP contribution in [0.5, 0.6) is 0 Å². The summed E-state index contributed by atoms with van der Waals surface area (Å²) in [6.45, 7) is 7.23. The fourth-order valence-electron chi connectivity index (χ4n) is 1.85. The van der Waals surface area contributed by atoms with Crippen LogP contribution in [0.3, 0.4) is 0 Å². The van der Waals surface area contributed by atoms with Crippen LogP contribution in [0.4, 0.5) is 5.82 Å². The lowest BCUT2D eigenvalue weighted by Crippen LogP contribution is -2.34. The average molecular weight is 285 g/mol. The Bertz CT molecular complexity index is 437. The lowest BCUT2D eigenvalue weighted by Gasteiger charge is -2.30. The quantitative estimate of drug-likeness (QED) is 0.826. The molecule has 0 bridgehead atoms. The van der Waals surface area contributed by atoms with Gasteiger partial charge in [-0.05, 0) is 31.9 Å². The molecule has 0 saturated carbocycles. The lowest BCUT2D eigenvalue weighted by atomic mass is 10.2. The van der Waals surface area contributed by atoms with E-state index in [1.807, 2.05) is 0 Å². The maximum Gasteiger partial charge on any atom is 0.356 e. The molecule has 1 N–H and O–H groups in total. The fraction of sp³-hybridized carbons (Fsp3) is 0.571. The number of halogens is 1. The van der Waals surface area contributed by atoms with E-state index in [4.69, 9.17) is 16.7 Å². The summed E-state index contributed by atoms with van der Waals surface area (Å²) in [6.07, 6.45) is 3.12. The second-order valence-corrected chi connectivity index (χ2v) is 5.02. The maximum absolute atomic E-state index is 11.1. The van der Waals surface area contributed by atoms with Crippen LogP contribution in [-0.4, -0.2) is 28.6 Å². The fourth-order valence-corrected chi connectivity index (χ4v) is 2.04. The van der Waals surface area contributed by atoms with E-state index in [-0.39, 0.29) is 10.7 Å². The number of hydrogen-bond donors (Lipinski definition) is 1. The van der Waals surface area contributed by atoms with Crippen molar-refractivity contribution in [1.82, 2.24) is 4.98 Å². The zero-order chi connectivity index (χ0) is 14.4. The van der Waals surface area contributed by atoms with Crippen LogP contribution in [0.15, 0.2) is 12.1 Å². The molecule has 19 heavy (non-hydrogen) atoms. The summed E-state index contributed by atoms with van der Waals surface area (Å²) in [6, 6.07) is 3.72. The summed E-state index contributed by atoms with van der Waals surface area (Å²) in [4.78, 5) is 17.4. The Hall–Kier alpha value is -1.29. The smallest absolute Gasteiger partial charge is 0.356 e. The molecule has 0 aliphatic heterocycles. The van der Waals surface area contributed by atoms with E-state index >= 15 is 0 Å². The van der Waals surface area contributed by atoms with Gasteiger partial charge >= 0.3 is 5.97 Å². The monoisotopic (exact) mass is 284 g/mol. The molecular formula is C14H21ClN2O2. The number of anilines is 1. The predicted molar refractivity (Wildman–Crippen MR) is 78.2 cm³/mol. The number of hydrogen-bond acceptors (Lipinski definition) is 3. The zero-order valence-electron chi connectivity index (χ0n) is 11.7. The van der Waals surface area contributed by atoms with Gasteiger partial charge in [0.15, 0.2) is 5.69 Å². The van der Waals surface area contributed by atoms with Gasteiger partial charge in [-0.1, -0.05) is 31.9 Å². The van der Waals surface area contributed by atoms with E-state index in [1.165, 1.54) is 0 Å². The SMILES string of the molecule is CCCCN(c1ccc(Cl)c(C(=O)O)n1)C(C)CC. The van der Waals surface area contributed by atoms with Gasteiger partial charge in [0.1, 0.15) is 5.82 Å². The van der Waals surface area contributed by atoms with Crippen molar-refractivity contribution in [1.29, 1.82) is 0 Å². The highest BCUT2D eigenvalue weighted by molar-refractivity contribution is 6.33. The third-order valence-corrected chi connectivity index (χ3v) is 3.51. The molecule has 1 rings (SSSR count). The minimum Gasteiger partial charge on any atom is -0.476 e. The molecule has 0 aliphatic rings. The first-order valence-corrected chi connectivity index (χ1v) is 7.05. The average Bonchev–Trinajstić information content (AvgIpc) is 2.40. The zero-order valence-corrected chi connectivity index (χ0v) is 12.4. The van der Waals surface area contributed by atoms with Crippen LogP contribution in [-0.2, 0) is 0 Å². The molecule has 1 unspecified atom stereocenters. The molecule has 0 amide bonds. The van der Waals surface area contributed by atoms with Gasteiger partial charge < -0.3 is 10.0 Å². The Morgan fingerprint density at radius 1 is 1.47 bits per heavy atom. The molecule has 1 heterocycles. The molecule has 1 atom stereocenters. The third kappa shape index (κ3) is 4.10. The normalized spacial score (nSPS) is 12.2. The second-order valence-electron chi connectivity index (χ2n) is 4.61. The van der Waals surface area contributed by atoms with E-state index in [1.54, 1.807) is 12.1 Å². The van der Waals surface area contributed by atoms with Crippen molar-refractivity contribution < 1.29 is 9.90 Å². The van der Waals surface area contributed by atoms with Crippen molar-refractivity contribution in [2.75, 3.05) is 11.4 Å². The number of nitrogens with zero attached hydrogens (tertiary/aromatic N) is 2. The highest BCUT2D eigenvalue weighted by atomic mass is 35.5. The van der Waals surface area contributed by atoms with Gasteiger partial charge in [0.2, 0.25) is 0 Å². The molecule has 0 radical (unpaired) electrons. The molecule has 1 aromatic heterocycles. The van der Waals surface area contributed by atoms with Crippen molar-refractivity contribution in [3.8, 4) is 0 Å². The molecule has 0 fully saturated rings. The van der Waals surface area contributed by atoms with Gasteiger partial charge in [0.05, 0.1) is 5.02 Å². The number of rotatable bonds is 7. The molecule has 0 aromatic carbocycles. The van der Waals surface area contributed by atoms with Crippen molar-refractivity contribution in [2.24, 2.45) is 0 Å². The highest BCUT2D eigenvalue weighted by Crippen LogP contribution is 2.22. The van der Waals surface area contributed by atoms with Crippen LogP contribution >= 0.6 is 11.6 Å². The Labute approximate surface area is 119 Å². The van der Waals surface area contributed by atoms with Crippen LogP contribution in [0.2, 0.25) is 5.02 Å². The molecule has 1 aromatic rings. The maximum atomic E-state index is 11.1. The number of carbonyl (C=O) groups is 1. The minimum atomic E-state index is -1.09. The number of carboxylic acids is 1. The largest absolute Gasteiger partial charge is 0.476 e. The number of aromatic nitrogens is 1. The summed E-state index contributed by atoms with van der Waals surface area (Å²) in [5.41, 5.74) is -0.0797. The number of pyridine rings is 1. The van der Waals surface area contributed by atoms with Gasteiger partial charge in [-0.15, -0.1) is 0 Å². The van der Waals surface area contributed by atoms with E-state index in [2.05, 4.69) is 30.7 Å². The molecular weight excluding hydrogens is 264 g/mol. The van der Waals surface area contributed by atoms with Crippen LogP contribution in [0.25, 0.3) is 0 Å².